The molecule has 0 fully saturated rings. The van der Waals surface area contributed by atoms with Gasteiger partial charge in [-0.2, -0.15) is 0 Å². The predicted octanol–water partition coefficient (Wildman–Crippen LogP) is 25.5. The fourth-order valence-electron chi connectivity index (χ4n) is 17.9. The Hall–Kier alpha value is -7.60. The third kappa shape index (κ3) is 20.5. The van der Waals surface area contributed by atoms with Gasteiger partial charge in [-0.1, -0.05) is 285 Å². The van der Waals surface area contributed by atoms with E-state index in [9.17, 15) is 40.9 Å². The Bertz CT molecular complexity index is 3150. The average Bonchev–Trinajstić information content (AvgIpc) is 1.53. The number of unbranched alkanes of at least 4 members (excludes halogenated alkanes) is 36. The normalized spacial score (nSPS) is 18.0. The average molecular weight is 1420 g/mol. The number of H-pyrrole nitrogens is 4. The molecule has 0 unspecified atom stereocenters. The molecule has 568 valence electrons. The van der Waals surface area contributed by atoms with Crippen LogP contribution in [0.25, 0.3) is 0 Å². The smallest absolute Gasteiger partial charge is 0.119 e. The van der Waals surface area contributed by atoms with Gasteiger partial charge in [0.15, 0.2) is 0 Å². The Morgan fingerprint density at radius 3 is 0.442 bits per heavy atom. The van der Waals surface area contributed by atoms with Crippen LogP contribution in [0.2, 0.25) is 0 Å². The standard InChI is InChI=1S/C92H132N4O8/c1-5-9-13-17-21-25-29-33-37-41-53-89(69-57-73(97)65-74(98)58-69)81-45-47-83(93-81)90(70-59-75(99)66-76(100)60-70,54-42-38-34-30-26-22-18-14-10-6-2)85-49-51-87(95-85)92(72-63-79(103)68-80(104)64-72,56-44-40-36-32-28-24-20-16-12-8-4)88-52-50-86(96-88)91(84-48-46-82(89)94-84,71-61-77(101)67-78(102)62-71)55-43-39-35-31-27-23-19-15-11-7-3/h45-52,57-68,93-104H,5-44,53-56H2,1-4H3. The largest absolute Gasteiger partial charge is 0.508 e. The first-order valence-electron chi connectivity index (χ1n) is 41.6. The van der Waals surface area contributed by atoms with Gasteiger partial charge in [0.1, 0.15) is 46.0 Å². The maximum absolute atomic E-state index is 11.9. The van der Waals surface area contributed by atoms with E-state index >= 15 is 0 Å². The van der Waals surface area contributed by atoms with Gasteiger partial charge in [0.25, 0.3) is 0 Å². The van der Waals surface area contributed by atoms with Gasteiger partial charge in [0, 0.05) is 69.8 Å². The molecule has 8 aromatic rings. The summed E-state index contributed by atoms with van der Waals surface area (Å²) in [4.78, 5) is 16.8. The second kappa shape index (κ2) is 40.8. The summed E-state index contributed by atoms with van der Waals surface area (Å²) in [6.45, 7) is 9.04. The van der Waals surface area contributed by atoms with Crippen LogP contribution < -0.4 is 0 Å². The number of hydrogen-bond acceptors (Lipinski definition) is 8. The van der Waals surface area contributed by atoms with Crippen LogP contribution >= 0.6 is 0 Å². The van der Waals surface area contributed by atoms with Crippen molar-refractivity contribution in [2.24, 2.45) is 0 Å². The molecule has 0 atom stereocenters. The summed E-state index contributed by atoms with van der Waals surface area (Å²) in [5, 5.41) is 95.0. The number of rotatable bonds is 48. The number of fused-ring (bicyclic) bond motifs is 8. The van der Waals surface area contributed by atoms with E-state index in [-0.39, 0.29) is 46.0 Å². The summed E-state index contributed by atoms with van der Waals surface area (Å²) in [5.41, 5.74) is 4.93. The van der Waals surface area contributed by atoms with E-state index in [1.165, 1.54) is 178 Å². The second-order valence-electron chi connectivity index (χ2n) is 31.4. The van der Waals surface area contributed by atoms with Crippen LogP contribution in [0.3, 0.4) is 0 Å². The molecule has 12 N–H and O–H groups in total. The molecule has 1 aliphatic heterocycles. The summed E-state index contributed by atoms with van der Waals surface area (Å²) >= 11 is 0. The molecule has 12 nitrogen and oxygen atoms in total. The first-order chi connectivity index (χ1) is 50.7. The summed E-state index contributed by atoms with van der Waals surface area (Å²) < 4.78 is 0. The number of aromatic amines is 4. The zero-order chi connectivity index (χ0) is 73.6. The van der Waals surface area contributed by atoms with Gasteiger partial charge in [-0.05, 0) is 145 Å². The minimum absolute atomic E-state index is 0.0663. The molecule has 9 rings (SSSR count). The van der Waals surface area contributed by atoms with Gasteiger partial charge < -0.3 is 60.8 Å². The highest BCUT2D eigenvalue weighted by molar-refractivity contribution is 5.60. The van der Waals surface area contributed by atoms with E-state index in [1.807, 2.05) is 0 Å². The minimum Gasteiger partial charge on any atom is -0.508 e. The highest BCUT2D eigenvalue weighted by Crippen LogP contribution is 2.55. The van der Waals surface area contributed by atoms with E-state index < -0.39 is 21.7 Å². The number of phenols is 8. The zero-order valence-electron chi connectivity index (χ0n) is 64.2. The van der Waals surface area contributed by atoms with Crippen molar-refractivity contribution in [1.29, 1.82) is 0 Å². The van der Waals surface area contributed by atoms with Crippen molar-refractivity contribution >= 4 is 0 Å². The maximum Gasteiger partial charge on any atom is 0.119 e. The molecular formula is C92H132N4O8. The van der Waals surface area contributed by atoms with Gasteiger partial charge in [0.2, 0.25) is 0 Å². The molecule has 12 heteroatoms. The number of hydrogen-bond donors (Lipinski definition) is 12. The minimum atomic E-state index is -1.10. The number of nitrogens with one attached hydrogen (secondary N) is 4. The summed E-state index contributed by atoms with van der Waals surface area (Å²) in [6.07, 6.45) is 47.7. The first-order valence-corrected chi connectivity index (χ1v) is 41.6. The SMILES string of the molecule is CCCCCCCCCCCCC1(c2cc(O)cc(O)c2)c2ccc([nH]2)C(CCCCCCCCCCCC)(c2cc(O)cc(O)c2)c2ccc([nH]2)C(CCCCCCCCCCCC)(c2cc(O)cc(O)c2)c2ccc([nH]2)C(CCCCCCCCCCCC)(c2cc(O)cc(O)c2)c2ccc1[nH]2. The first kappa shape index (κ1) is 80.5. The molecular weight excluding hydrogens is 1290 g/mol. The predicted molar refractivity (Wildman–Crippen MR) is 428 cm³/mol. The third-order valence-corrected chi connectivity index (χ3v) is 23.6. The molecule has 5 heterocycles. The summed E-state index contributed by atoms with van der Waals surface area (Å²) in [6, 6.07) is 37.4. The lowest BCUT2D eigenvalue weighted by Crippen LogP contribution is -2.35. The van der Waals surface area contributed by atoms with Gasteiger partial charge in [-0.15, -0.1) is 0 Å². The van der Waals surface area contributed by atoms with Gasteiger partial charge >= 0.3 is 0 Å². The summed E-state index contributed by atoms with van der Waals surface area (Å²) in [7, 11) is 0. The quantitative estimate of drug-likeness (QED) is 0.0164. The van der Waals surface area contributed by atoms with Crippen LogP contribution in [0.1, 0.15) is 378 Å². The lowest BCUT2D eigenvalue weighted by molar-refractivity contribution is 0.430. The highest BCUT2D eigenvalue weighted by Gasteiger charge is 2.49. The van der Waals surface area contributed by atoms with Gasteiger partial charge in [-0.25, -0.2) is 0 Å². The number of phenolic OH excluding ortho intramolecular Hbond substituents is 8. The van der Waals surface area contributed by atoms with Crippen molar-refractivity contribution in [2.75, 3.05) is 0 Å². The molecule has 8 bridgehead atoms. The Kier molecular flexibility index (Phi) is 31.6. The van der Waals surface area contributed by atoms with E-state index in [0.29, 0.717) is 47.9 Å². The molecule has 0 aliphatic carbocycles. The molecule has 4 aromatic heterocycles. The van der Waals surface area contributed by atoms with Crippen LogP contribution in [0.5, 0.6) is 46.0 Å². The van der Waals surface area contributed by atoms with Crippen LogP contribution in [0.4, 0.5) is 0 Å². The Morgan fingerprint density at radius 2 is 0.308 bits per heavy atom. The topological polar surface area (TPSA) is 225 Å². The molecule has 0 amide bonds. The molecule has 0 saturated heterocycles. The number of aromatic nitrogens is 4. The fourth-order valence-corrected chi connectivity index (χ4v) is 17.9. The Balaban J connectivity index is 1.32. The monoisotopic (exact) mass is 1420 g/mol. The maximum atomic E-state index is 11.9. The zero-order valence-corrected chi connectivity index (χ0v) is 64.2. The third-order valence-electron chi connectivity index (χ3n) is 23.6. The van der Waals surface area contributed by atoms with Gasteiger partial charge in [-0.3, -0.25) is 0 Å². The fraction of sp³-hybridized carbons (Fsp3) is 0.565. The van der Waals surface area contributed by atoms with Crippen LogP contribution in [0, 0.1) is 0 Å². The lowest BCUT2D eigenvalue weighted by Gasteiger charge is -2.38. The molecule has 4 aromatic carbocycles. The van der Waals surface area contributed by atoms with Crippen LogP contribution in [-0.2, 0) is 21.7 Å². The van der Waals surface area contributed by atoms with E-state index in [0.717, 1.165) is 148 Å². The highest BCUT2D eigenvalue weighted by atomic mass is 16.3. The van der Waals surface area contributed by atoms with Crippen molar-refractivity contribution in [2.45, 2.75) is 332 Å². The van der Waals surface area contributed by atoms with Crippen LogP contribution in [-0.4, -0.2) is 60.8 Å². The van der Waals surface area contributed by atoms with E-state index in [4.69, 9.17) is 0 Å². The number of aromatic hydroxyl groups is 8. The van der Waals surface area contributed by atoms with E-state index in [1.54, 1.807) is 48.5 Å². The van der Waals surface area contributed by atoms with Gasteiger partial charge in [0.05, 0.1) is 21.7 Å². The summed E-state index contributed by atoms with van der Waals surface area (Å²) in [5.74, 6) is -0.530. The van der Waals surface area contributed by atoms with Crippen molar-refractivity contribution in [3.05, 3.63) is 189 Å². The Morgan fingerprint density at radius 1 is 0.183 bits per heavy atom. The lowest BCUT2D eigenvalue weighted by atomic mass is 9.70. The van der Waals surface area contributed by atoms with Crippen LogP contribution in [0.15, 0.2) is 121 Å². The number of benzene rings is 4. The molecule has 0 saturated carbocycles. The molecule has 0 spiro atoms. The van der Waals surface area contributed by atoms with Crippen molar-refractivity contribution in [3.63, 3.8) is 0 Å². The molecule has 104 heavy (non-hydrogen) atoms. The Labute approximate surface area is 624 Å². The second-order valence-corrected chi connectivity index (χ2v) is 31.4. The van der Waals surface area contributed by atoms with Crippen molar-refractivity contribution < 1.29 is 40.9 Å². The van der Waals surface area contributed by atoms with Crippen molar-refractivity contribution in [1.82, 2.24) is 19.9 Å². The van der Waals surface area contributed by atoms with E-state index in [2.05, 4.69) is 96.2 Å². The molecule has 0 radical (unpaired) electrons. The van der Waals surface area contributed by atoms with Crippen molar-refractivity contribution in [3.8, 4) is 46.0 Å². The molecule has 1 aliphatic rings.